The fourth-order valence-corrected chi connectivity index (χ4v) is 1.24. The molecule has 0 bridgehead atoms. The molecule has 4 heteroatoms. The molecule has 0 amide bonds. The standard InChI is InChI=1S/C10H17N3.ClH/c1-5-9-7(2)8(11)6-10(12-9)13(3)4;/h6H,5H2,1-4H3,(H2,11,12);1H. The molecule has 0 unspecified atom stereocenters. The molecule has 0 saturated heterocycles. The minimum atomic E-state index is 0. The third-order valence-corrected chi connectivity index (χ3v) is 2.19. The Balaban J connectivity index is 0.00000169. The van der Waals surface area contributed by atoms with Crippen molar-refractivity contribution in [3.63, 3.8) is 0 Å². The number of aromatic nitrogens is 1. The first-order chi connectivity index (χ1) is 6.06. The number of anilines is 2. The van der Waals surface area contributed by atoms with Crippen LogP contribution in [0.4, 0.5) is 11.5 Å². The average molecular weight is 216 g/mol. The average Bonchev–Trinajstić information content (AvgIpc) is 2.09. The summed E-state index contributed by atoms with van der Waals surface area (Å²) in [7, 11) is 3.94. The van der Waals surface area contributed by atoms with Crippen LogP contribution in [0.15, 0.2) is 6.07 Å². The van der Waals surface area contributed by atoms with Gasteiger partial charge in [-0.15, -0.1) is 12.4 Å². The van der Waals surface area contributed by atoms with Gasteiger partial charge in [-0.3, -0.25) is 0 Å². The molecule has 0 fully saturated rings. The van der Waals surface area contributed by atoms with Crippen LogP contribution in [0.1, 0.15) is 18.2 Å². The summed E-state index contributed by atoms with van der Waals surface area (Å²) in [4.78, 5) is 6.46. The minimum Gasteiger partial charge on any atom is -0.398 e. The SMILES string of the molecule is CCc1nc(N(C)C)cc(N)c1C.Cl. The maximum atomic E-state index is 5.87. The lowest BCUT2D eigenvalue weighted by atomic mass is 10.1. The van der Waals surface area contributed by atoms with Crippen LogP contribution >= 0.6 is 12.4 Å². The zero-order valence-corrected chi connectivity index (χ0v) is 9.98. The smallest absolute Gasteiger partial charge is 0.130 e. The number of nitrogen functional groups attached to an aromatic ring is 1. The highest BCUT2D eigenvalue weighted by molar-refractivity contribution is 5.85. The van der Waals surface area contributed by atoms with Crippen molar-refractivity contribution in [3.05, 3.63) is 17.3 Å². The van der Waals surface area contributed by atoms with Gasteiger partial charge in [-0.1, -0.05) is 6.92 Å². The summed E-state index contributed by atoms with van der Waals surface area (Å²) in [5, 5.41) is 0. The lowest BCUT2D eigenvalue weighted by Crippen LogP contribution is -2.13. The summed E-state index contributed by atoms with van der Waals surface area (Å²) >= 11 is 0. The zero-order valence-electron chi connectivity index (χ0n) is 9.16. The van der Waals surface area contributed by atoms with Gasteiger partial charge in [0.15, 0.2) is 0 Å². The number of aryl methyl sites for hydroxylation is 1. The summed E-state index contributed by atoms with van der Waals surface area (Å²) < 4.78 is 0. The summed E-state index contributed by atoms with van der Waals surface area (Å²) in [5.74, 6) is 0.931. The van der Waals surface area contributed by atoms with Gasteiger partial charge in [0.25, 0.3) is 0 Å². The van der Waals surface area contributed by atoms with Gasteiger partial charge < -0.3 is 10.6 Å². The lowest BCUT2D eigenvalue weighted by molar-refractivity contribution is 0.973. The highest BCUT2D eigenvalue weighted by Gasteiger charge is 2.05. The molecule has 1 aromatic rings. The van der Waals surface area contributed by atoms with Crippen LogP contribution in [0.3, 0.4) is 0 Å². The topological polar surface area (TPSA) is 42.2 Å². The van der Waals surface area contributed by atoms with E-state index in [1.807, 2.05) is 32.0 Å². The van der Waals surface area contributed by atoms with E-state index in [1.54, 1.807) is 0 Å². The normalized spacial score (nSPS) is 9.43. The van der Waals surface area contributed by atoms with E-state index in [-0.39, 0.29) is 12.4 Å². The van der Waals surface area contributed by atoms with E-state index in [2.05, 4.69) is 11.9 Å². The summed E-state index contributed by atoms with van der Waals surface area (Å²) in [5.41, 5.74) is 8.89. The van der Waals surface area contributed by atoms with Gasteiger partial charge in [0.2, 0.25) is 0 Å². The first kappa shape index (κ1) is 13.0. The van der Waals surface area contributed by atoms with Gasteiger partial charge in [-0.2, -0.15) is 0 Å². The Kier molecular flexibility index (Phi) is 4.71. The highest BCUT2D eigenvalue weighted by Crippen LogP contribution is 2.20. The molecule has 0 aromatic carbocycles. The minimum absolute atomic E-state index is 0. The number of hydrogen-bond donors (Lipinski definition) is 1. The molecule has 0 atom stereocenters. The molecule has 2 N–H and O–H groups in total. The van der Waals surface area contributed by atoms with Crippen molar-refractivity contribution in [1.29, 1.82) is 0 Å². The van der Waals surface area contributed by atoms with Crippen molar-refractivity contribution in [1.82, 2.24) is 4.98 Å². The maximum Gasteiger partial charge on any atom is 0.130 e. The quantitative estimate of drug-likeness (QED) is 0.821. The molecule has 0 aliphatic carbocycles. The van der Waals surface area contributed by atoms with E-state index < -0.39 is 0 Å². The van der Waals surface area contributed by atoms with Gasteiger partial charge in [0.1, 0.15) is 5.82 Å². The van der Waals surface area contributed by atoms with E-state index in [0.717, 1.165) is 29.2 Å². The number of halogens is 1. The van der Waals surface area contributed by atoms with E-state index >= 15 is 0 Å². The predicted molar refractivity (Wildman–Crippen MR) is 64.3 cm³/mol. The number of rotatable bonds is 2. The molecule has 3 nitrogen and oxygen atoms in total. The van der Waals surface area contributed by atoms with Crippen LogP contribution in [0, 0.1) is 6.92 Å². The van der Waals surface area contributed by atoms with Crippen LogP contribution < -0.4 is 10.6 Å². The van der Waals surface area contributed by atoms with Crippen LogP contribution in [0.5, 0.6) is 0 Å². The third-order valence-electron chi connectivity index (χ3n) is 2.19. The molecule has 0 spiro atoms. The summed E-state index contributed by atoms with van der Waals surface area (Å²) in [6.45, 7) is 4.11. The molecule has 0 saturated carbocycles. The van der Waals surface area contributed by atoms with Crippen molar-refractivity contribution in [2.75, 3.05) is 24.7 Å². The van der Waals surface area contributed by atoms with E-state index in [0.29, 0.717) is 0 Å². The Morgan fingerprint density at radius 2 is 2.00 bits per heavy atom. The largest absolute Gasteiger partial charge is 0.398 e. The number of nitrogens with two attached hydrogens (primary N) is 1. The van der Waals surface area contributed by atoms with Crippen LogP contribution in [0.2, 0.25) is 0 Å². The van der Waals surface area contributed by atoms with Crippen molar-refractivity contribution >= 4 is 23.9 Å². The summed E-state index contributed by atoms with van der Waals surface area (Å²) in [6, 6.07) is 1.91. The molecule has 0 aliphatic rings. The van der Waals surface area contributed by atoms with E-state index in [4.69, 9.17) is 5.73 Å². The maximum absolute atomic E-state index is 5.87. The monoisotopic (exact) mass is 215 g/mol. The van der Waals surface area contributed by atoms with Gasteiger partial charge >= 0.3 is 0 Å². The Labute approximate surface area is 91.7 Å². The van der Waals surface area contributed by atoms with Crippen LogP contribution in [0.25, 0.3) is 0 Å². The van der Waals surface area contributed by atoms with Crippen molar-refractivity contribution in [2.45, 2.75) is 20.3 Å². The molecule has 1 heterocycles. The number of pyridine rings is 1. The van der Waals surface area contributed by atoms with Gasteiger partial charge in [-0.05, 0) is 18.9 Å². The van der Waals surface area contributed by atoms with Crippen molar-refractivity contribution < 1.29 is 0 Å². The second kappa shape index (κ2) is 5.05. The second-order valence-electron chi connectivity index (χ2n) is 3.39. The Morgan fingerprint density at radius 3 is 2.43 bits per heavy atom. The molecule has 1 aromatic heterocycles. The van der Waals surface area contributed by atoms with E-state index in [1.165, 1.54) is 0 Å². The van der Waals surface area contributed by atoms with E-state index in [9.17, 15) is 0 Å². The molecule has 1 rings (SSSR count). The Bertz CT molecular complexity index is 310. The first-order valence-electron chi connectivity index (χ1n) is 4.49. The van der Waals surface area contributed by atoms with Crippen LogP contribution in [-0.4, -0.2) is 19.1 Å². The first-order valence-corrected chi connectivity index (χ1v) is 4.49. The fraction of sp³-hybridized carbons (Fsp3) is 0.500. The van der Waals surface area contributed by atoms with Crippen molar-refractivity contribution in [2.24, 2.45) is 0 Å². The van der Waals surface area contributed by atoms with Gasteiger partial charge in [0.05, 0.1) is 0 Å². The van der Waals surface area contributed by atoms with Gasteiger partial charge in [-0.25, -0.2) is 4.98 Å². The molecular formula is C10H18ClN3. The molecular weight excluding hydrogens is 198 g/mol. The lowest BCUT2D eigenvalue weighted by Gasteiger charge is -2.15. The molecule has 80 valence electrons. The summed E-state index contributed by atoms with van der Waals surface area (Å²) in [6.07, 6.45) is 0.928. The number of nitrogens with zero attached hydrogens (tertiary/aromatic N) is 2. The highest BCUT2D eigenvalue weighted by atomic mass is 35.5. The molecule has 0 radical (unpaired) electrons. The second-order valence-corrected chi connectivity index (χ2v) is 3.39. The zero-order chi connectivity index (χ0) is 10.0. The molecule has 0 aliphatic heterocycles. The number of hydrogen-bond acceptors (Lipinski definition) is 3. The van der Waals surface area contributed by atoms with Crippen molar-refractivity contribution in [3.8, 4) is 0 Å². The Hall–Kier alpha value is -0.960. The predicted octanol–water partition coefficient (Wildman–Crippen LogP) is 2.02. The fourth-order valence-electron chi connectivity index (χ4n) is 1.24. The Morgan fingerprint density at radius 1 is 1.43 bits per heavy atom. The van der Waals surface area contributed by atoms with Crippen LogP contribution in [-0.2, 0) is 6.42 Å². The molecule has 14 heavy (non-hydrogen) atoms. The van der Waals surface area contributed by atoms with Gasteiger partial charge in [0, 0.05) is 31.5 Å². The third kappa shape index (κ3) is 2.51.